The topological polar surface area (TPSA) is 60.8 Å². The van der Waals surface area contributed by atoms with Crippen LogP contribution in [0.1, 0.15) is 32.6 Å². The lowest BCUT2D eigenvalue weighted by molar-refractivity contribution is -0.143. The van der Waals surface area contributed by atoms with E-state index in [-0.39, 0.29) is 23.2 Å². The number of nitrogens with zero attached hydrogens (tertiary/aromatic N) is 2. The van der Waals surface area contributed by atoms with Gasteiger partial charge in [0.2, 0.25) is 0 Å². The number of anilines is 1. The Morgan fingerprint density at radius 3 is 2.48 bits per heavy atom. The van der Waals surface area contributed by atoms with Gasteiger partial charge in [0.05, 0.1) is 30.3 Å². The van der Waals surface area contributed by atoms with E-state index < -0.39 is 5.82 Å². The average Bonchev–Trinajstić information content (AvgIpc) is 3.35. The molecule has 0 amide bonds. The first-order valence-corrected chi connectivity index (χ1v) is 11.4. The van der Waals surface area contributed by atoms with Crippen LogP contribution in [0, 0.1) is 5.82 Å². The molecule has 1 saturated heterocycles. The van der Waals surface area contributed by atoms with Gasteiger partial charge in [-0.25, -0.2) is 4.39 Å². The number of ether oxygens (including phenoxy) is 2. The predicted molar refractivity (Wildman–Crippen MR) is 127 cm³/mol. The highest BCUT2D eigenvalue weighted by Crippen LogP contribution is 2.32. The van der Waals surface area contributed by atoms with Crippen molar-refractivity contribution in [3.05, 3.63) is 58.6 Å². The molecule has 1 aliphatic rings. The fourth-order valence-corrected chi connectivity index (χ4v) is 4.47. The lowest BCUT2D eigenvalue weighted by Crippen LogP contribution is -2.22. The SMILES string of the molecule is CCOC(=O)CCCn1cc(-c2ccc(OC)cc2)c(=O)c2c(F)ccc(N3CCCC3)c21. The molecular weight excluding hydrogens is 423 g/mol. The number of hydrogen-bond acceptors (Lipinski definition) is 5. The Labute approximate surface area is 192 Å². The fraction of sp³-hybridized carbons (Fsp3) is 0.385. The lowest BCUT2D eigenvalue weighted by Gasteiger charge is -2.23. The van der Waals surface area contributed by atoms with Crippen molar-refractivity contribution in [1.82, 2.24) is 4.57 Å². The van der Waals surface area contributed by atoms with E-state index in [1.54, 1.807) is 50.6 Å². The molecule has 0 bridgehead atoms. The molecule has 1 fully saturated rings. The maximum atomic E-state index is 15.1. The quantitative estimate of drug-likeness (QED) is 0.461. The number of aromatic nitrogens is 1. The second-order valence-electron chi connectivity index (χ2n) is 8.19. The van der Waals surface area contributed by atoms with Crippen molar-refractivity contribution >= 4 is 22.6 Å². The van der Waals surface area contributed by atoms with E-state index >= 15 is 4.39 Å². The molecule has 0 saturated carbocycles. The number of hydrogen-bond donors (Lipinski definition) is 0. The number of carbonyl (C=O) groups excluding carboxylic acids is 1. The van der Waals surface area contributed by atoms with Crippen LogP contribution in [0.15, 0.2) is 47.4 Å². The van der Waals surface area contributed by atoms with E-state index in [2.05, 4.69) is 4.90 Å². The molecule has 0 N–H and O–H groups in total. The van der Waals surface area contributed by atoms with Crippen molar-refractivity contribution in [3.63, 3.8) is 0 Å². The second-order valence-corrected chi connectivity index (χ2v) is 8.19. The number of benzene rings is 2. The summed E-state index contributed by atoms with van der Waals surface area (Å²) in [6, 6.07) is 10.3. The number of methoxy groups -OCH3 is 1. The molecule has 6 nitrogen and oxygen atoms in total. The van der Waals surface area contributed by atoms with E-state index in [9.17, 15) is 9.59 Å². The predicted octanol–water partition coefficient (Wildman–Crippen LogP) is 4.76. The van der Waals surface area contributed by atoms with E-state index in [4.69, 9.17) is 9.47 Å². The number of esters is 1. The molecule has 2 aromatic carbocycles. The van der Waals surface area contributed by atoms with Crippen LogP contribution in [0.3, 0.4) is 0 Å². The van der Waals surface area contributed by atoms with Gasteiger partial charge < -0.3 is 18.9 Å². The van der Waals surface area contributed by atoms with Crippen molar-refractivity contribution in [1.29, 1.82) is 0 Å². The molecule has 0 atom stereocenters. The summed E-state index contributed by atoms with van der Waals surface area (Å²) in [4.78, 5) is 27.6. The minimum absolute atomic E-state index is 0.0869. The van der Waals surface area contributed by atoms with Crippen LogP contribution in [0.2, 0.25) is 0 Å². The molecule has 1 aliphatic heterocycles. The molecule has 1 aromatic heterocycles. The normalized spacial score (nSPS) is 13.5. The Morgan fingerprint density at radius 2 is 1.82 bits per heavy atom. The molecule has 3 aromatic rings. The van der Waals surface area contributed by atoms with Gasteiger partial charge in [0.25, 0.3) is 0 Å². The zero-order valence-electron chi connectivity index (χ0n) is 19.1. The van der Waals surface area contributed by atoms with Crippen molar-refractivity contribution < 1.29 is 18.7 Å². The Balaban J connectivity index is 1.85. The molecule has 0 aliphatic carbocycles. The third-order valence-corrected chi connectivity index (χ3v) is 6.08. The molecule has 0 unspecified atom stereocenters. The van der Waals surface area contributed by atoms with Crippen LogP contribution in [0.25, 0.3) is 22.0 Å². The van der Waals surface area contributed by atoms with Gasteiger partial charge in [-0.1, -0.05) is 12.1 Å². The van der Waals surface area contributed by atoms with Crippen molar-refractivity contribution in [2.75, 3.05) is 31.7 Å². The maximum Gasteiger partial charge on any atom is 0.305 e. The van der Waals surface area contributed by atoms with E-state index in [1.807, 2.05) is 4.57 Å². The summed E-state index contributed by atoms with van der Waals surface area (Å²) in [6.07, 6.45) is 4.70. The number of pyridine rings is 1. The third kappa shape index (κ3) is 4.72. The first-order chi connectivity index (χ1) is 16.0. The minimum Gasteiger partial charge on any atom is -0.497 e. The van der Waals surface area contributed by atoms with Crippen LogP contribution in [-0.2, 0) is 16.1 Å². The Bertz CT molecular complexity index is 1200. The molecule has 2 heterocycles. The Hall–Kier alpha value is -3.35. The van der Waals surface area contributed by atoms with E-state index in [1.165, 1.54) is 6.07 Å². The molecular formula is C26H29FN2O4. The van der Waals surface area contributed by atoms with Gasteiger partial charge in [0.15, 0.2) is 5.43 Å². The van der Waals surface area contributed by atoms with Crippen molar-refractivity contribution in [2.45, 2.75) is 39.2 Å². The van der Waals surface area contributed by atoms with Crippen LogP contribution < -0.4 is 15.1 Å². The van der Waals surface area contributed by atoms with Gasteiger partial charge in [-0.15, -0.1) is 0 Å². The number of rotatable bonds is 8. The first kappa shape index (κ1) is 22.8. The van der Waals surface area contributed by atoms with E-state index in [0.717, 1.165) is 31.6 Å². The standard InChI is InChI=1S/C26H29FN2O4/c1-3-33-23(30)7-6-16-29-17-20(18-8-10-19(32-2)11-9-18)26(31)24-21(27)12-13-22(25(24)29)28-14-4-5-15-28/h8-13,17H,3-7,14-16H2,1-2H3. The average molecular weight is 453 g/mol. The highest BCUT2D eigenvalue weighted by atomic mass is 19.1. The van der Waals surface area contributed by atoms with Crippen LogP contribution in [0.5, 0.6) is 5.75 Å². The first-order valence-electron chi connectivity index (χ1n) is 11.4. The summed E-state index contributed by atoms with van der Waals surface area (Å²) in [6.45, 7) is 4.32. The number of fused-ring (bicyclic) bond motifs is 1. The molecule has 0 spiro atoms. The smallest absolute Gasteiger partial charge is 0.305 e. The van der Waals surface area contributed by atoms with Gasteiger partial charge in [-0.2, -0.15) is 0 Å². The van der Waals surface area contributed by atoms with Gasteiger partial charge in [-0.05, 0) is 56.0 Å². The minimum atomic E-state index is -0.535. The Kier molecular flexibility index (Phi) is 6.96. The monoisotopic (exact) mass is 452 g/mol. The molecule has 7 heteroatoms. The van der Waals surface area contributed by atoms with Gasteiger partial charge in [0, 0.05) is 37.8 Å². The summed E-state index contributed by atoms with van der Waals surface area (Å²) in [5.41, 5.74) is 2.21. The highest BCUT2D eigenvalue weighted by molar-refractivity contribution is 5.94. The third-order valence-electron chi connectivity index (χ3n) is 6.08. The molecule has 33 heavy (non-hydrogen) atoms. The van der Waals surface area contributed by atoms with Gasteiger partial charge in [0.1, 0.15) is 11.6 Å². The summed E-state index contributed by atoms with van der Waals surface area (Å²) in [5, 5.41) is 0.0869. The summed E-state index contributed by atoms with van der Waals surface area (Å²) in [7, 11) is 1.58. The van der Waals surface area contributed by atoms with E-state index in [0.29, 0.717) is 42.0 Å². The van der Waals surface area contributed by atoms with Crippen LogP contribution >= 0.6 is 0 Å². The zero-order chi connectivity index (χ0) is 23.4. The molecule has 4 rings (SSSR count). The Morgan fingerprint density at radius 1 is 1.09 bits per heavy atom. The fourth-order valence-electron chi connectivity index (χ4n) is 4.47. The van der Waals surface area contributed by atoms with Crippen LogP contribution in [-0.4, -0.2) is 37.3 Å². The van der Waals surface area contributed by atoms with Gasteiger partial charge in [-0.3, -0.25) is 9.59 Å². The summed E-state index contributed by atoms with van der Waals surface area (Å²) < 4.78 is 27.3. The number of halogens is 1. The van der Waals surface area contributed by atoms with Crippen LogP contribution in [0.4, 0.5) is 10.1 Å². The highest BCUT2D eigenvalue weighted by Gasteiger charge is 2.22. The van der Waals surface area contributed by atoms with Crippen molar-refractivity contribution in [2.24, 2.45) is 0 Å². The second kappa shape index (κ2) is 10.1. The zero-order valence-corrected chi connectivity index (χ0v) is 19.1. The molecule has 174 valence electrons. The number of aryl methyl sites for hydroxylation is 1. The maximum absolute atomic E-state index is 15.1. The summed E-state index contributed by atoms with van der Waals surface area (Å²) >= 11 is 0. The largest absolute Gasteiger partial charge is 0.497 e. The summed E-state index contributed by atoms with van der Waals surface area (Å²) in [5.74, 6) is -0.117. The van der Waals surface area contributed by atoms with Gasteiger partial charge >= 0.3 is 5.97 Å². The number of carbonyl (C=O) groups is 1. The lowest BCUT2D eigenvalue weighted by atomic mass is 10.0. The molecule has 0 radical (unpaired) electrons. The van der Waals surface area contributed by atoms with Crippen molar-refractivity contribution in [3.8, 4) is 16.9 Å².